The SMILES string of the molecule is CCOC(=O)C(O)c1ccc(OC)c(OC)c1SC. The van der Waals surface area contributed by atoms with Gasteiger partial charge in [-0.3, -0.25) is 0 Å². The molecule has 1 N–H and O–H groups in total. The Morgan fingerprint density at radius 3 is 2.53 bits per heavy atom. The van der Waals surface area contributed by atoms with Gasteiger partial charge in [0.15, 0.2) is 17.6 Å². The van der Waals surface area contributed by atoms with Crippen molar-refractivity contribution in [3.05, 3.63) is 17.7 Å². The van der Waals surface area contributed by atoms with Crippen molar-refractivity contribution in [2.45, 2.75) is 17.9 Å². The molecule has 0 fully saturated rings. The molecule has 6 heteroatoms. The third-order valence-corrected chi connectivity index (χ3v) is 3.37. The standard InChI is InChI=1S/C13H18O5S/c1-5-18-13(15)10(14)8-6-7-9(16-2)11(17-3)12(8)19-4/h6-7,10,14H,5H2,1-4H3. The molecule has 0 spiro atoms. The summed E-state index contributed by atoms with van der Waals surface area (Å²) in [7, 11) is 3.04. The van der Waals surface area contributed by atoms with Crippen molar-refractivity contribution in [2.75, 3.05) is 27.1 Å². The van der Waals surface area contributed by atoms with Crippen molar-refractivity contribution < 1.29 is 24.1 Å². The van der Waals surface area contributed by atoms with E-state index in [0.29, 0.717) is 22.0 Å². The molecule has 0 amide bonds. The highest BCUT2D eigenvalue weighted by atomic mass is 32.2. The topological polar surface area (TPSA) is 65.0 Å². The molecule has 0 aliphatic heterocycles. The van der Waals surface area contributed by atoms with E-state index in [1.165, 1.54) is 26.0 Å². The van der Waals surface area contributed by atoms with Crippen LogP contribution < -0.4 is 9.47 Å². The molecule has 0 heterocycles. The number of carbonyl (C=O) groups is 1. The lowest BCUT2D eigenvalue weighted by molar-refractivity contribution is -0.153. The van der Waals surface area contributed by atoms with E-state index in [-0.39, 0.29) is 6.61 Å². The number of carbonyl (C=O) groups excluding carboxylic acids is 1. The summed E-state index contributed by atoms with van der Waals surface area (Å²) in [5.41, 5.74) is 0.448. The molecule has 0 aliphatic rings. The molecule has 0 saturated heterocycles. The fraction of sp³-hybridized carbons (Fsp3) is 0.462. The zero-order valence-electron chi connectivity index (χ0n) is 11.4. The van der Waals surface area contributed by atoms with Gasteiger partial charge >= 0.3 is 5.97 Å². The third-order valence-electron chi connectivity index (χ3n) is 2.54. The first kappa shape index (κ1) is 15.7. The van der Waals surface area contributed by atoms with Crippen molar-refractivity contribution >= 4 is 17.7 Å². The van der Waals surface area contributed by atoms with E-state index >= 15 is 0 Å². The quantitative estimate of drug-likeness (QED) is 0.637. The fourth-order valence-corrected chi connectivity index (χ4v) is 2.47. The summed E-state index contributed by atoms with van der Waals surface area (Å²) in [6, 6.07) is 3.28. The smallest absolute Gasteiger partial charge is 0.339 e. The van der Waals surface area contributed by atoms with Crippen molar-refractivity contribution in [3.8, 4) is 11.5 Å². The molecule has 1 unspecified atom stereocenters. The maximum absolute atomic E-state index is 11.6. The molecule has 5 nitrogen and oxygen atoms in total. The van der Waals surface area contributed by atoms with E-state index in [9.17, 15) is 9.90 Å². The van der Waals surface area contributed by atoms with Gasteiger partial charge in [-0.25, -0.2) is 4.79 Å². The van der Waals surface area contributed by atoms with Gasteiger partial charge < -0.3 is 19.3 Å². The lowest BCUT2D eigenvalue weighted by atomic mass is 10.1. The Morgan fingerprint density at radius 1 is 1.37 bits per heavy atom. The molecule has 0 aliphatic carbocycles. The summed E-state index contributed by atoms with van der Waals surface area (Å²) in [4.78, 5) is 12.3. The van der Waals surface area contributed by atoms with Crippen LogP contribution in [0.3, 0.4) is 0 Å². The van der Waals surface area contributed by atoms with Crippen LogP contribution >= 0.6 is 11.8 Å². The molecule has 1 aromatic rings. The zero-order chi connectivity index (χ0) is 14.4. The Hall–Kier alpha value is -1.40. The largest absolute Gasteiger partial charge is 0.493 e. The van der Waals surface area contributed by atoms with E-state index in [2.05, 4.69) is 0 Å². The van der Waals surface area contributed by atoms with Gasteiger partial charge in [-0.15, -0.1) is 11.8 Å². The van der Waals surface area contributed by atoms with Gasteiger partial charge in [0.1, 0.15) is 0 Å². The predicted octanol–water partition coefficient (Wildman–Crippen LogP) is 2.02. The molecule has 0 radical (unpaired) electrons. The van der Waals surface area contributed by atoms with Gasteiger partial charge in [0, 0.05) is 5.56 Å². The van der Waals surface area contributed by atoms with Crippen LogP contribution in [0.5, 0.6) is 11.5 Å². The van der Waals surface area contributed by atoms with Crippen LogP contribution in [0, 0.1) is 0 Å². The minimum atomic E-state index is -1.33. The van der Waals surface area contributed by atoms with Crippen LogP contribution in [0.2, 0.25) is 0 Å². The van der Waals surface area contributed by atoms with Crippen molar-refractivity contribution in [1.29, 1.82) is 0 Å². The van der Waals surface area contributed by atoms with Crippen LogP contribution in [-0.2, 0) is 9.53 Å². The van der Waals surface area contributed by atoms with Gasteiger partial charge in [-0.1, -0.05) is 6.07 Å². The summed E-state index contributed by atoms with van der Waals surface area (Å²) >= 11 is 1.37. The predicted molar refractivity (Wildman–Crippen MR) is 72.9 cm³/mol. The first-order chi connectivity index (χ1) is 9.10. The number of rotatable bonds is 6. The molecule has 19 heavy (non-hydrogen) atoms. The monoisotopic (exact) mass is 286 g/mol. The van der Waals surface area contributed by atoms with Crippen LogP contribution in [0.4, 0.5) is 0 Å². The molecule has 1 aromatic carbocycles. The van der Waals surface area contributed by atoms with Crippen LogP contribution in [0.15, 0.2) is 17.0 Å². The van der Waals surface area contributed by atoms with Gasteiger partial charge in [0.05, 0.1) is 25.7 Å². The van der Waals surface area contributed by atoms with Gasteiger partial charge in [0.25, 0.3) is 0 Å². The highest BCUT2D eigenvalue weighted by molar-refractivity contribution is 7.98. The number of aliphatic hydroxyl groups is 1. The van der Waals surface area contributed by atoms with E-state index in [1.807, 2.05) is 6.26 Å². The number of thioether (sulfide) groups is 1. The highest BCUT2D eigenvalue weighted by Crippen LogP contribution is 2.41. The molecule has 106 valence electrons. The number of ether oxygens (including phenoxy) is 3. The van der Waals surface area contributed by atoms with Gasteiger partial charge in [0.2, 0.25) is 0 Å². The summed E-state index contributed by atoms with van der Waals surface area (Å²) in [6.07, 6.45) is 0.501. The number of esters is 1. The molecular formula is C13H18O5S. The summed E-state index contributed by atoms with van der Waals surface area (Å²) in [6.45, 7) is 1.91. The average Bonchev–Trinajstić information content (AvgIpc) is 2.44. The van der Waals surface area contributed by atoms with Crippen molar-refractivity contribution in [2.24, 2.45) is 0 Å². The third kappa shape index (κ3) is 3.33. The zero-order valence-corrected chi connectivity index (χ0v) is 12.2. The van der Waals surface area contributed by atoms with Crippen molar-refractivity contribution in [1.82, 2.24) is 0 Å². The average molecular weight is 286 g/mol. The lowest BCUT2D eigenvalue weighted by Gasteiger charge is -2.18. The summed E-state index contributed by atoms with van der Waals surface area (Å²) in [5, 5.41) is 10.0. The normalized spacial score (nSPS) is 11.8. The first-order valence-corrected chi connectivity index (χ1v) is 6.96. The van der Waals surface area contributed by atoms with E-state index in [4.69, 9.17) is 14.2 Å². The number of hydrogen-bond donors (Lipinski definition) is 1. The second kappa shape index (κ2) is 7.25. The Bertz CT molecular complexity index is 447. The Balaban J connectivity index is 3.24. The fourth-order valence-electron chi connectivity index (χ4n) is 1.69. The summed E-state index contributed by atoms with van der Waals surface area (Å²) in [5.74, 6) is 0.368. The van der Waals surface area contributed by atoms with Crippen LogP contribution in [0.25, 0.3) is 0 Å². The van der Waals surface area contributed by atoms with Crippen molar-refractivity contribution in [3.63, 3.8) is 0 Å². The Kier molecular flexibility index (Phi) is 5.98. The molecule has 0 bridgehead atoms. The van der Waals surface area contributed by atoms with E-state index in [1.54, 1.807) is 19.1 Å². The molecule has 1 rings (SSSR count). The number of hydrogen-bond acceptors (Lipinski definition) is 6. The van der Waals surface area contributed by atoms with Crippen LogP contribution in [-0.4, -0.2) is 38.2 Å². The molecular weight excluding hydrogens is 268 g/mol. The lowest BCUT2D eigenvalue weighted by Crippen LogP contribution is -2.16. The molecule has 0 saturated carbocycles. The molecule has 1 atom stereocenters. The first-order valence-electron chi connectivity index (χ1n) is 5.74. The Labute approximate surface area is 116 Å². The van der Waals surface area contributed by atoms with E-state index in [0.717, 1.165) is 0 Å². The highest BCUT2D eigenvalue weighted by Gasteiger charge is 2.25. The minimum Gasteiger partial charge on any atom is -0.493 e. The maximum Gasteiger partial charge on any atom is 0.339 e. The van der Waals surface area contributed by atoms with Crippen LogP contribution in [0.1, 0.15) is 18.6 Å². The summed E-state index contributed by atoms with van der Waals surface area (Å²) < 4.78 is 15.3. The number of aliphatic hydroxyl groups excluding tert-OH is 1. The van der Waals surface area contributed by atoms with Gasteiger partial charge in [-0.2, -0.15) is 0 Å². The van der Waals surface area contributed by atoms with Gasteiger partial charge in [-0.05, 0) is 19.2 Å². The Morgan fingerprint density at radius 2 is 2.05 bits per heavy atom. The second-order valence-electron chi connectivity index (χ2n) is 3.58. The number of methoxy groups -OCH3 is 2. The van der Waals surface area contributed by atoms with E-state index < -0.39 is 12.1 Å². The molecule has 0 aromatic heterocycles. The number of benzene rings is 1. The maximum atomic E-state index is 11.6. The second-order valence-corrected chi connectivity index (χ2v) is 4.39. The minimum absolute atomic E-state index is 0.220.